The first kappa shape index (κ1) is 14.0. The maximum atomic E-state index is 6.08. The van der Waals surface area contributed by atoms with Crippen molar-refractivity contribution in [1.29, 1.82) is 0 Å². The lowest BCUT2D eigenvalue weighted by Crippen LogP contribution is -2.03. The lowest BCUT2D eigenvalue weighted by Gasteiger charge is -2.15. The SMILES string of the molecule is Clc1ccc(C(c2cncnc2)c2cc3ccccc3o2)cc1. The van der Waals surface area contributed by atoms with Gasteiger partial charge in [-0.05, 0) is 29.8 Å². The molecule has 0 aliphatic carbocycles. The molecule has 4 rings (SSSR count). The molecule has 1 atom stereocenters. The molecule has 0 bridgehead atoms. The van der Waals surface area contributed by atoms with Crippen molar-refractivity contribution in [2.75, 3.05) is 0 Å². The number of rotatable bonds is 3. The number of nitrogens with zero attached hydrogens (tertiary/aromatic N) is 2. The highest BCUT2D eigenvalue weighted by Crippen LogP contribution is 2.35. The molecule has 0 saturated carbocycles. The van der Waals surface area contributed by atoms with E-state index < -0.39 is 0 Å². The van der Waals surface area contributed by atoms with E-state index in [4.69, 9.17) is 16.0 Å². The minimum absolute atomic E-state index is 0.0686. The number of benzene rings is 2. The lowest BCUT2D eigenvalue weighted by atomic mass is 9.91. The summed E-state index contributed by atoms with van der Waals surface area (Å²) in [6, 6.07) is 17.8. The van der Waals surface area contributed by atoms with Crippen molar-refractivity contribution in [2.45, 2.75) is 5.92 Å². The molecule has 0 spiro atoms. The molecule has 0 saturated heterocycles. The Kier molecular flexibility index (Phi) is 3.56. The van der Waals surface area contributed by atoms with E-state index in [1.807, 2.05) is 60.9 Å². The van der Waals surface area contributed by atoms with Crippen LogP contribution in [-0.4, -0.2) is 9.97 Å². The summed E-state index contributed by atoms with van der Waals surface area (Å²) in [6.45, 7) is 0. The van der Waals surface area contributed by atoms with Gasteiger partial charge in [-0.2, -0.15) is 0 Å². The number of para-hydroxylation sites is 1. The van der Waals surface area contributed by atoms with Gasteiger partial charge in [-0.15, -0.1) is 0 Å². The van der Waals surface area contributed by atoms with E-state index >= 15 is 0 Å². The molecule has 1 unspecified atom stereocenters. The number of furan rings is 1. The van der Waals surface area contributed by atoms with Crippen molar-refractivity contribution < 1.29 is 4.42 Å². The summed E-state index contributed by atoms with van der Waals surface area (Å²) in [5, 5.41) is 1.79. The summed E-state index contributed by atoms with van der Waals surface area (Å²) in [5.74, 6) is 0.796. The van der Waals surface area contributed by atoms with Crippen LogP contribution in [0.5, 0.6) is 0 Å². The molecular weight excluding hydrogens is 308 g/mol. The van der Waals surface area contributed by atoms with Crippen LogP contribution in [0.25, 0.3) is 11.0 Å². The van der Waals surface area contributed by atoms with Gasteiger partial charge in [0.15, 0.2) is 0 Å². The van der Waals surface area contributed by atoms with Gasteiger partial charge in [0.05, 0.1) is 5.92 Å². The van der Waals surface area contributed by atoms with Crippen LogP contribution in [0.4, 0.5) is 0 Å². The van der Waals surface area contributed by atoms with Gasteiger partial charge >= 0.3 is 0 Å². The molecule has 112 valence electrons. The van der Waals surface area contributed by atoms with Gasteiger partial charge in [0.1, 0.15) is 17.7 Å². The second kappa shape index (κ2) is 5.86. The number of hydrogen-bond acceptors (Lipinski definition) is 3. The minimum atomic E-state index is -0.0686. The number of fused-ring (bicyclic) bond motifs is 1. The molecule has 23 heavy (non-hydrogen) atoms. The van der Waals surface area contributed by atoms with E-state index in [2.05, 4.69) is 16.0 Å². The smallest absolute Gasteiger partial charge is 0.134 e. The third kappa shape index (κ3) is 2.71. The van der Waals surface area contributed by atoms with Gasteiger partial charge in [-0.1, -0.05) is 41.9 Å². The molecule has 2 aromatic carbocycles. The number of aromatic nitrogens is 2. The third-order valence-corrected chi connectivity index (χ3v) is 4.10. The number of hydrogen-bond donors (Lipinski definition) is 0. The largest absolute Gasteiger partial charge is 0.460 e. The summed E-state index contributed by atoms with van der Waals surface area (Å²) in [4.78, 5) is 8.30. The van der Waals surface area contributed by atoms with E-state index in [0.717, 1.165) is 27.9 Å². The molecule has 3 nitrogen and oxygen atoms in total. The fourth-order valence-electron chi connectivity index (χ4n) is 2.78. The fraction of sp³-hybridized carbons (Fsp3) is 0.0526. The Bertz CT molecular complexity index is 899. The first-order valence-corrected chi connectivity index (χ1v) is 7.68. The van der Waals surface area contributed by atoms with Crippen molar-refractivity contribution >= 4 is 22.6 Å². The van der Waals surface area contributed by atoms with Crippen molar-refractivity contribution in [3.63, 3.8) is 0 Å². The van der Waals surface area contributed by atoms with Crippen LogP contribution in [0.1, 0.15) is 22.8 Å². The summed E-state index contributed by atoms with van der Waals surface area (Å²) < 4.78 is 6.08. The van der Waals surface area contributed by atoms with Gasteiger partial charge in [-0.25, -0.2) is 9.97 Å². The summed E-state index contributed by atoms with van der Waals surface area (Å²) >= 11 is 6.02. The minimum Gasteiger partial charge on any atom is -0.460 e. The van der Waals surface area contributed by atoms with Crippen LogP contribution < -0.4 is 0 Å². The molecule has 0 amide bonds. The van der Waals surface area contributed by atoms with Crippen LogP contribution in [0, 0.1) is 0 Å². The Balaban J connectivity index is 1.89. The number of halogens is 1. The molecule has 4 heteroatoms. The highest BCUT2D eigenvalue weighted by atomic mass is 35.5. The maximum Gasteiger partial charge on any atom is 0.134 e. The average Bonchev–Trinajstić information content (AvgIpc) is 3.01. The van der Waals surface area contributed by atoms with Crippen LogP contribution in [0.3, 0.4) is 0 Å². The van der Waals surface area contributed by atoms with Crippen LogP contribution in [0.2, 0.25) is 5.02 Å². The Morgan fingerprint density at radius 1 is 0.870 bits per heavy atom. The highest BCUT2D eigenvalue weighted by molar-refractivity contribution is 6.30. The Morgan fingerprint density at radius 2 is 1.61 bits per heavy atom. The van der Waals surface area contributed by atoms with Crippen molar-refractivity contribution in [1.82, 2.24) is 9.97 Å². The zero-order valence-corrected chi connectivity index (χ0v) is 12.9. The predicted octanol–water partition coefficient (Wildman–Crippen LogP) is 5.06. The van der Waals surface area contributed by atoms with Gasteiger partial charge < -0.3 is 4.42 Å². The van der Waals surface area contributed by atoms with E-state index in [1.54, 1.807) is 0 Å². The van der Waals surface area contributed by atoms with E-state index in [9.17, 15) is 0 Å². The van der Waals surface area contributed by atoms with Crippen molar-refractivity contribution in [3.05, 3.63) is 95.2 Å². The topological polar surface area (TPSA) is 38.9 Å². The molecule has 0 aliphatic heterocycles. The zero-order valence-electron chi connectivity index (χ0n) is 12.2. The predicted molar refractivity (Wildman–Crippen MR) is 90.6 cm³/mol. The molecular formula is C19H13ClN2O. The molecule has 0 aliphatic rings. The van der Waals surface area contributed by atoms with Gasteiger partial charge in [0, 0.05) is 28.4 Å². The standard InChI is InChI=1S/C19H13ClN2O/c20-16-7-5-13(6-8-16)19(15-10-21-12-22-11-15)18-9-14-3-1-2-4-17(14)23-18/h1-12,19H. The summed E-state index contributed by atoms with van der Waals surface area (Å²) in [6.07, 6.45) is 5.17. The Hall–Kier alpha value is -2.65. The van der Waals surface area contributed by atoms with Crippen molar-refractivity contribution in [2.24, 2.45) is 0 Å². The lowest BCUT2D eigenvalue weighted by molar-refractivity contribution is 0.541. The monoisotopic (exact) mass is 320 g/mol. The first-order chi connectivity index (χ1) is 11.3. The summed E-state index contributed by atoms with van der Waals surface area (Å²) in [5.41, 5.74) is 2.94. The second-order valence-electron chi connectivity index (χ2n) is 5.34. The van der Waals surface area contributed by atoms with Crippen LogP contribution >= 0.6 is 11.6 Å². The molecule has 4 aromatic rings. The Labute approximate surface area is 138 Å². The molecule has 0 radical (unpaired) electrons. The highest BCUT2D eigenvalue weighted by Gasteiger charge is 2.21. The normalized spacial score (nSPS) is 12.4. The van der Waals surface area contributed by atoms with Gasteiger partial charge in [0.2, 0.25) is 0 Å². The molecule has 2 heterocycles. The van der Waals surface area contributed by atoms with E-state index in [0.29, 0.717) is 5.02 Å². The zero-order chi connectivity index (χ0) is 15.6. The third-order valence-electron chi connectivity index (χ3n) is 3.85. The Morgan fingerprint density at radius 3 is 2.35 bits per heavy atom. The van der Waals surface area contributed by atoms with E-state index in [1.165, 1.54) is 6.33 Å². The summed E-state index contributed by atoms with van der Waals surface area (Å²) in [7, 11) is 0. The molecule has 0 N–H and O–H groups in total. The molecule has 0 fully saturated rings. The van der Waals surface area contributed by atoms with E-state index in [-0.39, 0.29) is 5.92 Å². The van der Waals surface area contributed by atoms with Crippen LogP contribution in [-0.2, 0) is 0 Å². The first-order valence-electron chi connectivity index (χ1n) is 7.30. The maximum absolute atomic E-state index is 6.08. The second-order valence-corrected chi connectivity index (χ2v) is 5.78. The quantitative estimate of drug-likeness (QED) is 0.530. The van der Waals surface area contributed by atoms with Crippen molar-refractivity contribution in [3.8, 4) is 0 Å². The fourth-order valence-corrected chi connectivity index (χ4v) is 2.91. The molecule has 2 aromatic heterocycles. The van der Waals surface area contributed by atoms with Crippen LogP contribution in [0.15, 0.2) is 77.7 Å². The average molecular weight is 321 g/mol. The van der Waals surface area contributed by atoms with Gasteiger partial charge in [0.25, 0.3) is 0 Å². The van der Waals surface area contributed by atoms with Gasteiger partial charge in [-0.3, -0.25) is 0 Å².